The van der Waals surface area contributed by atoms with Gasteiger partial charge in [0.05, 0.1) is 22.1 Å². The molecule has 4 aromatic rings. The van der Waals surface area contributed by atoms with Crippen LogP contribution >= 0.6 is 11.6 Å². The molecule has 2 aromatic heterocycles. The number of aryl methyl sites for hydroxylation is 1. The van der Waals surface area contributed by atoms with Gasteiger partial charge in [-0.3, -0.25) is 4.79 Å². The molecule has 152 valence electrons. The molecule has 0 spiro atoms. The molecule has 0 atom stereocenters. The van der Waals surface area contributed by atoms with Crippen LogP contribution in [0.3, 0.4) is 0 Å². The van der Waals surface area contributed by atoms with Crippen LogP contribution in [-0.4, -0.2) is 25.7 Å². The van der Waals surface area contributed by atoms with E-state index in [0.29, 0.717) is 16.8 Å². The number of halogens is 1. The fourth-order valence-corrected chi connectivity index (χ4v) is 4.55. The molecule has 1 fully saturated rings. The molecule has 2 heterocycles. The van der Waals surface area contributed by atoms with Crippen molar-refractivity contribution >= 4 is 34.4 Å². The van der Waals surface area contributed by atoms with E-state index in [0.717, 1.165) is 48.0 Å². The summed E-state index contributed by atoms with van der Waals surface area (Å²) in [5.41, 5.74) is 3.03. The number of benzene rings is 2. The van der Waals surface area contributed by atoms with Crippen LogP contribution in [0, 0.1) is 6.92 Å². The van der Waals surface area contributed by atoms with Crippen LogP contribution in [0.15, 0.2) is 54.6 Å². The maximum Gasteiger partial charge on any atom is 0.236 e. The third kappa shape index (κ3) is 3.17. The summed E-state index contributed by atoms with van der Waals surface area (Å²) in [6.45, 7) is 1.90. The Hall–Kier alpha value is -3.12. The Kier molecular flexibility index (Phi) is 4.59. The van der Waals surface area contributed by atoms with Crippen LogP contribution in [0.2, 0.25) is 5.02 Å². The van der Waals surface area contributed by atoms with Crippen molar-refractivity contribution in [3.05, 3.63) is 70.9 Å². The zero-order valence-corrected chi connectivity index (χ0v) is 17.4. The molecule has 2 aromatic carbocycles. The van der Waals surface area contributed by atoms with Crippen LogP contribution in [0.5, 0.6) is 0 Å². The molecule has 7 heteroatoms. The van der Waals surface area contributed by atoms with E-state index < -0.39 is 5.41 Å². The highest BCUT2D eigenvalue weighted by atomic mass is 35.5. The number of nitrogens with zero attached hydrogens (tertiary/aromatic N) is 3. The number of H-pyrrole nitrogens is 1. The van der Waals surface area contributed by atoms with Crippen molar-refractivity contribution in [2.45, 2.75) is 38.0 Å². The number of aromatic nitrogens is 4. The summed E-state index contributed by atoms with van der Waals surface area (Å²) >= 11 is 6.08. The average molecular weight is 420 g/mol. The Morgan fingerprint density at radius 3 is 2.60 bits per heavy atom. The van der Waals surface area contributed by atoms with Gasteiger partial charge in [-0.1, -0.05) is 48.7 Å². The predicted octanol–water partition coefficient (Wildman–Crippen LogP) is 5.16. The Morgan fingerprint density at radius 1 is 1.13 bits per heavy atom. The Labute approximate surface area is 179 Å². The number of imidazole rings is 1. The molecule has 0 saturated heterocycles. The number of carbonyl (C=O) groups is 1. The lowest BCUT2D eigenvalue weighted by atomic mass is 9.78. The van der Waals surface area contributed by atoms with E-state index in [2.05, 4.69) is 20.4 Å². The van der Waals surface area contributed by atoms with Gasteiger partial charge in [-0.15, -0.1) is 0 Å². The summed E-state index contributed by atoms with van der Waals surface area (Å²) in [5, 5.41) is 8.36. The summed E-state index contributed by atoms with van der Waals surface area (Å²) in [6.07, 6.45) is 3.69. The van der Waals surface area contributed by atoms with E-state index in [1.54, 1.807) is 4.68 Å². The minimum Gasteiger partial charge on any atom is -0.322 e. The fourth-order valence-electron chi connectivity index (χ4n) is 4.42. The minimum absolute atomic E-state index is 0.0143. The van der Waals surface area contributed by atoms with Crippen molar-refractivity contribution < 1.29 is 4.79 Å². The first kappa shape index (κ1) is 18.9. The molecular weight excluding hydrogens is 398 g/mol. The van der Waals surface area contributed by atoms with Gasteiger partial charge < -0.3 is 10.3 Å². The normalized spacial score (nSPS) is 15.5. The number of anilines is 1. The van der Waals surface area contributed by atoms with Gasteiger partial charge in [-0.05, 0) is 49.6 Å². The van der Waals surface area contributed by atoms with Crippen molar-refractivity contribution in [2.24, 2.45) is 0 Å². The van der Waals surface area contributed by atoms with Gasteiger partial charge in [0.15, 0.2) is 0 Å². The molecule has 6 nitrogen and oxygen atoms in total. The smallest absolute Gasteiger partial charge is 0.236 e. The van der Waals surface area contributed by atoms with Crippen LogP contribution in [0.4, 0.5) is 5.82 Å². The van der Waals surface area contributed by atoms with Crippen LogP contribution < -0.4 is 5.32 Å². The number of amides is 1. The first-order valence-corrected chi connectivity index (χ1v) is 10.5. The quantitative estimate of drug-likeness (QED) is 0.479. The summed E-state index contributed by atoms with van der Waals surface area (Å²) in [4.78, 5) is 21.5. The van der Waals surface area contributed by atoms with Gasteiger partial charge in [-0.25, -0.2) is 4.98 Å². The largest absolute Gasteiger partial charge is 0.322 e. The molecule has 1 aliphatic carbocycles. The number of rotatable bonds is 4. The van der Waals surface area contributed by atoms with Crippen LogP contribution in [0.25, 0.3) is 17.0 Å². The number of para-hydroxylation sites is 2. The second-order valence-electron chi connectivity index (χ2n) is 7.91. The van der Waals surface area contributed by atoms with Crippen molar-refractivity contribution in [3.8, 4) is 5.95 Å². The molecule has 1 aliphatic rings. The topological polar surface area (TPSA) is 75.6 Å². The molecular formula is C23H22ClN5O. The summed E-state index contributed by atoms with van der Waals surface area (Å²) in [7, 11) is 0. The summed E-state index contributed by atoms with van der Waals surface area (Å²) < 4.78 is 1.66. The first-order valence-electron chi connectivity index (χ1n) is 10.1. The van der Waals surface area contributed by atoms with E-state index in [1.807, 2.05) is 61.5 Å². The fraction of sp³-hybridized carbons (Fsp3) is 0.261. The zero-order chi connectivity index (χ0) is 20.7. The second-order valence-corrected chi connectivity index (χ2v) is 8.35. The third-order valence-electron chi connectivity index (χ3n) is 5.94. The van der Waals surface area contributed by atoms with Crippen molar-refractivity contribution in [2.75, 3.05) is 5.32 Å². The summed E-state index contributed by atoms with van der Waals surface area (Å²) in [6, 6.07) is 17.3. The van der Waals surface area contributed by atoms with E-state index in [1.165, 1.54) is 0 Å². The lowest BCUT2D eigenvalue weighted by Crippen LogP contribution is -2.38. The maximum absolute atomic E-state index is 13.6. The highest BCUT2D eigenvalue weighted by molar-refractivity contribution is 6.30. The Bertz CT molecular complexity index is 1190. The van der Waals surface area contributed by atoms with Crippen LogP contribution in [-0.2, 0) is 10.2 Å². The first-order chi connectivity index (χ1) is 14.5. The number of carbonyl (C=O) groups excluding carboxylic acids is 1. The highest BCUT2D eigenvalue weighted by Crippen LogP contribution is 2.42. The van der Waals surface area contributed by atoms with E-state index in [9.17, 15) is 4.79 Å². The van der Waals surface area contributed by atoms with Gasteiger partial charge in [0.2, 0.25) is 11.9 Å². The maximum atomic E-state index is 13.6. The molecule has 0 aliphatic heterocycles. The van der Waals surface area contributed by atoms with Crippen molar-refractivity contribution in [1.29, 1.82) is 0 Å². The van der Waals surface area contributed by atoms with Gasteiger partial charge >= 0.3 is 0 Å². The number of hydrogen-bond donors (Lipinski definition) is 2. The van der Waals surface area contributed by atoms with Gasteiger partial charge in [-0.2, -0.15) is 9.78 Å². The monoisotopic (exact) mass is 419 g/mol. The minimum atomic E-state index is -0.554. The Balaban J connectivity index is 1.51. The van der Waals surface area contributed by atoms with E-state index >= 15 is 0 Å². The van der Waals surface area contributed by atoms with Gasteiger partial charge in [0, 0.05) is 11.1 Å². The van der Waals surface area contributed by atoms with Crippen molar-refractivity contribution in [1.82, 2.24) is 19.7 Å². The zero-order valence-electron chi connectivity index (χ0n) is 16.7. The lowest BCUT2D eigenvalue weighted by Gasteiger charge is -2.28. The highest BCUT2D eigenvalue weighted by Gasteiger charge is 2.43. The van der Waals surface area contributed by atoms with E-state index in [-0.39, 0.29) is 5.91 Å². The van der Waals surface area contributed by atoms with Crippen LogP contribution in [0.1, 0.15) is 36.9 Å². The van der Waals surface area contributed by atoms with E-state index in [4.69, 9.17) is 11.6 Å². The molecule has 1 saturated carbocycles. The second kappa shape index (κ2) is 7.29. The Morgan fingerprint density at radius 2 is 1.87 bits per heavy atom. The number of aromatic amines is 1. The molecule has 0 radical (unpaired) electrons. The van der Waals surface area contributed by atoms with Gasteiger partial charge in [0.1, 0.15) is 5.82 Å². The average Bonchev–Trinajstić information content (AvgIpc) is 3.46. The van der Waals surface area contributed by atoms with Crippen molar-refractivity contribution in [3.63, 3.8) is 0 Å². The van der Waals surface area contributed by atoms with Gasteiger partial charge in [0.25, 0.3) is 0 Å². The summed E-state index contributed by atoms with van der Waals surface area (Å²) in [5.74, 6) is 1.17. The number of fused-ring (bicyclic) bond motifs is 1. The molecule has 5 rings (SSSR count). The third-order valence-corrected chi connectivity index (χ3v) is 6.19. The molecule has 1 amide bonds. The predicted molar refractivity (Wildman–Crippen MR) is 118 cm³/mol. The number of nitrogens with one attached hydrogen (secondary N) is 2. The SMILES string of the molecule is Cc1cc(NC(=O)C2(c3ccc(Cl)cc3)CCCC2)n(-c2nc3ccccc3[nH]2)n1. The molecule has 2 N–H and O–H groups in total. The molecule has 30 heavy (non-hydrogen) atoms. The molecule has 0 unspecified atom stereocenters. The molecule has 0 bridgehead atoms. The lowest BCUT2D eigenvalue weighted by molar-refractivity contribution is -0.121. The standard InChI is InChI=1S/C23H22ClN5O/c1-15-14-20(29(28-15)22-25-18-6-2-3-7-19(18)26-22)27-21(30)23(12-4-5-13-23)16-8-10-17(24)11-9-16/h2-3,6-11,14H,4-5,12-13H2,1H3,(H,25,26)(H,27,30). The number of hydrogen-bond acceptors (Lipinski definition) is 3.